The van der Waals surface area contributed by atoms with E-state index in [0.29, 0.717) is 12.8 Å². The van der Waals surface area contributed by atoms with Crippen LogP contribution in [0.15, 0.2) is 18.3 Å². The van der Waals surface area contributed by atoms with Crippen molar-refractivity contribution in [3.63, 3.8) is 0 Å². The second-order valence-electron chi connectivity index (χ2n) is 7.81. The van der Waals surface area contributed by atoms with Gasteiger partial charge in [-0.25, -0.2) is 13.4 Å². The van der Waals surface area contributed by atoms with Gasteiger partial charge in [0.1, 0.15) is 22.8 Å². The van der Waals surface area contributed by atoms with Crippen LogP contribution in [0, 0.1) is 17.2 Å². The lowest BCUT2D eigenvalue weighted by Gasteiger charge is -2.27. The van der Waals surface area contributed by atoms with Crippen molar-refractivity contribution in [1.82, 2.24) is 15.6 Å². The normalized spacial score (nSPS) is 20.1. The van der Waals surface area contributed by atoms with Crippen molar-refractivity contribution in [3.05, 3.63) is 29.0 Å². The van der Waals surface area contributed by atoms with E-state index in [-0.39, 0.29) is 22.4 Å². The quantitative estimate of drug-likeness (QED) is 0.542. The average Bonchev–Trinajstić information content (AvgIpc) is 3.56. The van der Waals surface area contributed by atoms with Crippen LogP contribution in [0.4, 0.5) is 13.2 Å². The van der Waals surface area contributed by atoms with Crippen LogP contribution >= 0.6 is 11.6 Å². The molecule has 30 heavy (non-hydrogen) atoms. The third-order valence-corrected chi connectivity index (χ3v) is 7.07. The number of hydrogen-bond acceptors (Lipinski definition) is 6. The molecule has 2 atom stereocenters. The summed E-state index contributed by atoms with van der Waals surface area (Å²) in [6.45, 7) is 0. The Morgan fingerprint density at radius 2 is 2.03 bits per heavy atom. The fourth-order valence-corrected chi connectivity index (χ4v) is 5.07. The molecule has 2 saturated carbocycles. The summed E-state index contributed by atoms with van der Waals surface area (Å²) in [7, 11) is -3.79. The third-order valence-electron chi connectivity index (χ3n) is 5.03. The van der Waals surface area contributed by atoms with E-state index in [2.05, 4.69) is 15.6 Å². The summed E-state index contributed by atoms with van der Waals surface area (Å²) in [5.41, 5.74) is -1.46. The maximum Gasteiger partial charge on any atom is 0.407 e. The number of nitriles is 1. The summed E-state index contributed by atoms with van der Waals surface area (Å²) in [5.74, 6) is -1.96. The molecule has 2 aliphatic carbocycles. The lowest BCUT2D eigenvalue weighted by Crippen LogP contribution is -2.54. The van der Waals surface area contributed by atoms with Gasteiger partial charge in [-0.15, -0.1) is 0 Å². The van der Waals surface area contributed by atoms with Gasteiger partial charge in [0.05, 0.1) is 17.6 Å². The zero-order valence-electron chi connectivity index (χ0n) is 15.7. The minimum absolute atomic E-state index is 0.00864. The van der Waals surface area contributed by atoms with Gasteiger partial charge in [0.25, 0.3) is 0 Å². The van der Waals surface area contributed by atoms with Gasteiger partial charge >= 0.3 is 6.18 Å². The Labute approximate surface area is 176 Å². The SMILES string of the molecule is N#CC1(NC(=O)[C@H](CS(=O)(=O)CC2CC2)N[C@@H](c2ccc(Cl)nc2)C(F)(F)F)CC1. The Bertz CT molecular complexity index is 939. The minimum Gasteiger partial charge on any atom is -0.336 e. The number of nitrogens with one attached hydrogen (secondary N) is 2. The van der Waals surface area contributed by atoms with Crippen LogP contribution < -0.4 is 10.6 Å². The first-order chi connectivity index (χ1) is 13.9. The van der Waals surface area contributed by atoms with Gasteiger partial charge in [-0.1, -0.05) is 17.7 Å². The van der Waals surface area contributed by atoms with E-state index in [4.69, 9.17) is 16.9 Å². The van der Waals surface area contributed by atoms with Gasteiger partial charge in [0, 0.05) is 6.20 Å². The molecule has 0 spiro atoms. The fraction of sp³-hybridized carbons (Fsp3) is 0.611. The molecule has 3 rings (SSSR count). The second-order valence-corrected chi connectivity index (χ2v) is 10.4. The molecule has 2 N–H and O–H groups in total. The summed E-state index contributed by atoms with van der Waals surface area (Å²) in [6, 6.07) is 0.149. The molecule has 7 nitrogen and oxygen atoms in total. The Hall–Kier alpha value is -1.90. The van der Waals surface area contributed by atoms with E-state index < -0.39 is 45.3 Å². The number of hydrogen-bond donors (Lipinski definition) is 2. The number of aromatic nitrogens is 1. The van der Waals surface area contributed by atoms with E-state index in [1.165, 1.54) is 6.07 Å². The zero-order valence-corrected chi connectivity index (χ0v) is 17.3. The molecule has 0 aliphatic heterocycles. The Balaban J connectivity index is 1.85. The highest BCUT2D eigenvalue weighted by atomic mass is 35.5. The van der Waals surface area contributed by atoms with Crippen molar-refractivity contribution >= 4 is 27.3 Å². The van der Waals surface area contributed by atoms with Crippen molar-refractivity contribution in [3.8, 4) is 6.07 Å². The molecule has 1 amide bonds. The molecule has 12 heteroatoms. The van der Waals surface area contributed by atoms with Gasteiger partial charge in [-0.3, -0.25) is 10.1 Å². The number of carbonyl (C=O) groups excluding carboxylic acids is 1. The molecule has 1 aromatic heterocycles. The number of halogens is 4. The van der Waals surface area contributed by atoms with Crippen LogP contribution in [-0.4, -0.2) is 48.6 Å². The predicted octanol–water partition coefficient (Wildman–Crippen LogP) is 2.29. The number of rotatable bonds is 9. The molecule has 0 unspecified atom stereocenters. The molecule has 1 aromatic rings. The van der Waals surface area contributed by atoms with Crippen LogP contribution in [-0.2, 0) is 14.6 Å². The highest BCUT2D eigenvalue weighted by Crippen LogP contribution is 2.36. The van der Waals surface area contributed by atoms with E-state index in [9.17, 15) is 26.4 Å². The monoisotopic (exact) mass is 464 g/mol. The first kappa shape index (κ1) is 22.8. The summed E-state index contributed by atoms with van der Waals surface area (Å²) in [6.07, 6.45) is -1.72. The number of alkyl halides is 3. The zero-order chi connectivity index (χ0) is 22.2. The van der Waals surface area contributed by atoms with Crippen molar-refractivity contribution < 1.29 is 26.4 Å². The van der Waals surface area contributed by atoms with E-state index in [1.54, 1.807) is 0 Å². The smallest absolute Gasteiger partial charge is 0.336 e. The lowest BCUT2D eigenvalue weighted by molar-refractivity contribution is -0.160. The Morgan fingerprint density at radius 3 is 2.50 bits per heavy atom. The lowest BCUT2D eigenvalue weighted by atomic mass is 10.1. The van der Waals surface area contributed by atoms with Crippen LogP contribution in [0.3, 0.4) is 0 Å². The molecule has 0 radical (unpaired) electrons. The van der Waals surface area contributed by atoms with Crippen LogP contribution in [0.5, 0.6) is 0 Å². The van der Waals surface area contributed by atoms with Crippen molar-refractivity contribution in [2.75, 3.05) is 11.5 Å². The van der Waals surface area contributed by atoms with Gasteiger partial charge in [-0.05, 0) is 43.2 Å². The van der Waals surface area contributed by atoms with Gasteiger partial charge in [0.2, 0.25) is 5.91 Å². The average molecular weight is 465 g/mol. The highest BCUT2D eigenvalue weighted by molar-refractivity contribution is 7.91. The number of pyridine rings is 1. The van der Waals surface area contributed by atoms with E-state index in [0.717, 1.165) is 25.1 Å². The molecule has 1 heterocycles. The maximum atomic E-state index is 13.7. The van der Waals surface area contributed by atoms with Crippen LogP contribution in [0.1, 0.15) is 37.3 Å². The fourth-order valence-electron chi connectivity index (χ4n) is 3.02. The Morgan fingerprint density at radius 1 is 1.37 bits per heavy atom. The molecule has 0 bridgehead atoms. The van der Waals surface area contributed by atoms with Gasteiger partial charge < -0.3 is 5.32 Å². The molecule has 2 aliphatic rings. The summed E-state index contributed by atoms with van der Waals surface area (Å²) >= 11 is 5.64. The molecule has 0 saturated heterocycles. The predicted molar refractivity (Wildman–Crippen MR) is 102 cm³/mol. The van der Waals surface area contributed by atoms with Gasteiger partial charge in [-0.2, -0.15) is 18.4 Å². The van der Waals surface area contributed by atoms with E-state index >= 15 is 0 Å². The van der Waals surface area contributed by atoms with Crippen molar-refractivity contribution in [2.24, 2.45) is 5.92 Å². The summed E-state index contributed by atoms with van der Waals surface area (Å²) in [4.78, 5) is 16.3. The topological polar surface area (TPSA) is 112 Å². The van der Waals surface area contributed by atoms with Crippen LogP contribution in [0.2, 0.25) is 5.15 Å². The van der Waals surface area contributed by atoms with E-state index in [1.807, 2.05) is 6.07 Å². The van der Waals surface area contributed by atoms with Crippen LogP contribution in [0.25, 0.3) is 0 Å². The third kappa shape index (κ3) is 6.06. The molecule has 164 valence electrons. The number of nitrogens with zero attached hydrogens (tertiary/aromatic N) is 2. The van der Waals surface area contributed by atoms with Gasteiger partial charge in [0.15, 0.2) is 9.84 Å². The maximum absolute atomic E-state index is 13.7. The summed E-state index contributed by atoms with van der Waals surface area (Å²) in [5, 5.41) is 13.7. The Kier molecular flexibility index (Phi) is 6.32. The standard InChI is InChI=1S/C18H20ClF3N4O3S/c19-14-4-3-12(7-24-14)15(18(20,21)22)25-13(9-30(28,29)8-11-1-2-11)16(27)26-17(10-23)5-6-17/h3-4,7,11,13,15,25H,1-2,5-6,8-9H2,(H,26,27)/t13-,15-/m0/s1. The largest absolute Gasteiger partial charge is 0.407 e. The molecular weight excluding hydrogens is 445 g/mol. The second kappa shape index (κ2) is 8.32. The van der Waals surface area contributed by atoms with Crippen molar-refractivity contribution in [2.45, 2.75) is 49.5 Å². The molecular formula is C18H20ClF3N4O3S. The first-order valence-electron chi connectivity index (χ1n) is 9.31. The first-order valence-corrected chi connectivity index (χ1v) is 11.5. The number of amides is 1. The van der Waals surface area contributed by atoms with Crippen molar-refractivity contribution in [1.29, 1.82) is 5.26 Å². The minimum atomic E-state index is -4.83. The highest BCUT2D eigenvalue weighted by Gasteiger charge is 2.48. The molecule has 0 aromatic carbocycles. The number of carbonyl (C=O) groups is 1. The molecule has 2 fully saturated rings. The summed E-state index contributed by atoms with van der Waals surface area (Å²) < 4.78 is 66.2. The number of sulfone groups is 1.